The summed E-state index contributed by atoms with van der Waals surface area (Å²) in [5, 5.41) is 9.07. The lowest BCUT2D eigenvalue weighted by Gasteiger charge is -2.34. The van der Waals surface area contributed by atoms with Gasteiger partial charge in [-0.05, 0) is 35.4 Å². The highest BCUT2D eigenvalue weighted by molar-refractivity contribution is 5.94. The second-order valence-electron chi connectivity index (χ2n) is 6.05. The second-order valence-corrected chi connectivity index (χ2v) is 6.05. The van der Waals surface area contributed by atoms with Crippen LogP contribution in [0.4, 0.5) is 4.39 Å². The lowest BCUT2D eigenvalue weighted by molar-refractivity contribution is 0.0628. The maximum atomic E-state index is 13.0. The Hall–Kier alpha value is -2.24. The Labute approximate surface area is 141 Å². The van der Waals surface area contributed by atoms with Crippen molar-refractivity contribution >= 4 is 5.91 Å². The first-order valence-corrected chi connectivity index (χ1v) is 8.11. The molecule has 0 bridgehead atoms. The Morgan fingerprint density at radius 2 is 1.50 bits per heavy atom. The molecule has 0 radical (unpaired) electrons. The number of carbonyl (C=O) groups is 1. The van der Waals surface area contributed by atoms with Crippen molar-refractivity contribution in [2.75, 3.05) is 26.2 Å². The van der Waals surface area contributed by atoms with Gasteiger partial charge in [-0.15, -0.1) is 0 Å². The molecule has 24 heavy (non-hydrogen) atoms. The smallest absolute Gasteiger partial charge is 0.253 e. The molecular formula is C19H21FN2O2. The first kappa shape index (κ1) is 16.6. The standard InChI is InChI=1S/C19H21FN2O2/c20-18-7-5-17(6-8-18)19(24)22-11-9-21(10-12-22)13-15-1-3-16(14-23)4-2-15/h1-8,23H,9-14H2. The minimum atomic E-state index is -0.330. The normalized spacial score (nSPS) is 15.5. The van der Waals surface area contributed by atoms with Crippen LogP contribution in [-0.4, -0.2) is 47.0 Å². The Balaban J connectivity index is 1.53. The highest BCUT2D eigenvalue weighted by Crippen LogP contribution is 2.13. The van der Waals surface area contributed by atoms with Crippen LogP contribution >= 0.6 is 0 Å². The minimum absolute atomic E-state index is 0.0399. The highest BCUT2D eigenvalue weighted by Gasteiger charge is 2.22. The van der Waals surface area contributed by atoms with E-state index >= 15 is 0 Å². The third-order valence-electron chi connectivity index (χ3n) is 4.36. The Bertz CT molecular complexity index is 678. The molecule has 126 valence electrons. The van der Waals surface area contributed by atoms with Gasteiger partial charge in [0.05, 0.1) is 6.61 Å². The van der Waals surface area contributed by atoms with Crippen LogP contribution in [0.15, 0.2) is 48.5 Å². The minimum Gasteiger partial charge on any atom is -0.392 e. The number of carbonyl (C=O) groups excluding carboxylic acids is 1. The van der Waals surface area contributed by atoms with Gasteiger partial charge < -0.3 is 10.0 Å². The summed E-state index contributed by atoms with van der Waals surface area (Å²) in [6.45, 7) is 3.87. The van der Waals surface area contributed by atoms with Crippen molar-refractivity contribution in [3.8, 4) is 0 Å². The summed E-state index contributed by atoms with van der Waals surface area (Å²) in [7, 11) is 0. The maximum absolute atomic E-state index is 13.0. The van der Waals surface area contributed by atoms with Crippen LogP contribution in [-0.2, 0) is 13.2 Å². The van der Waals surface area contributed by atoms with Crippen LogP contribution in [0.5, 0.6) is 0 Å². The predicted octanol–water partition coefficient (Wildman–Crippen LogP) is 2.28. The van der Waals surface area contributed by atoms with Crippen molar-refractivity contribution in [1.82, 2.24) is 9.80 Å². The van der Waals surface area contributed by atoms with E-state index in [-0.39, 0.29) is 18.3 Å². The number of aliphatic hydroxyl groups excluding tert-OH is 1. The summed E-state index contributed by atoms with van der Waals surface area (Å²) in [4.78, 5) is 16.5. The zero-order chi connectivity index (χ0) is 16.9. The van der Waals surface area contributed by atoms with E-state index in [2.05, 4.69) is 4.90 Å². The van der Waals surface area contributed by atoms with Gasteiger partial charge in [-0.1, -0.05) is 24.3 Å². The molecule has 1 heterocycles. The van der Waals surface area contributed by atoms with E-state index in [9.17, 15) is 9.18 Å². The molecule has 1 aliphatic rings. The third-order valence-corrected chi connectivity index (χ3v) is 4.36. The van der Waals surface area contributed by atoms with Crippen LogP contribution in [0.1, 0.15) is 21.5 Å². The number of rotatable bonds is 4. The summed E-state index contributed by atoms with van der Waals surface area (Å²) in [5.74, 6) is -0.370. The molecule has 0 spiro atoms. The van der Waals surface area contributed by atoms with E-state index in [0.29, 0.717) is 18.7 Å². The first-order chi connectivity index (χ1) is 11.7. The van der Waals surface area contributed by atoms with Gasteiger partial charge in [0.1, 0.15) is 5.82 Å². The van der Waals surface area contributed by atoms with E-state index in [1.165, 1.54) is 29.8 Å². The average molecular weight is 328 g/mol. The van der Waals surface area contributed by atoms with Gasteiger partial charge in [0.25, 0.3) is 5.91 Å². The molecule has 3 rings (SSSR count). The van der Waals surface area contributed by atoms with Crippen molar-refractivity contribution in [3.63, 3.8) is 0 Å². The molecule has 4 nitrogen and oxygen atoms in total. The van der Waals surface area contributed by atoms with E-state index in [1.54, 1.807) is 0 Å². The van der Waals surface area contributed by atoms with Crippen molar-refractivity contribution in [2.24, 2.45) is 0 Å². The maximum Gasteiger partial charge on any atom is 0.253 e. The fourth-order valence-corrected chi connectivity index (χ4v) is 2.89. The van der Waals surface area contributed by atoms with Crippen LogP contribution in [0.3, 0.4) is 0 Å². The molecule has 0 atom stereocenters. The third kappa shape index (κ3) is 3.99. The molecule has 0 aliphatic carbocycles. The van der Waals surface area contributed by atoms with Crippen LogP contribution in [0.2, 0.25) is 0 Å². The lowest BCUT2D eigenvalue weighted by atomic mass is 10.1. The van der Waals surface area contributed by atoms with Gasteiger partial charge in [-0.25, -0.2) is 4.39 Å². The van der Waals surface area contributed by atoms with E-state index in [0.717, 1.165) is 25.2 Å². The van der Waals surface area contributed by atoms with Gasteiger partial charge in [0, 0.05) is 38.3 Å². The lowest BCUT2D eigenvalue weighted by Crippen LogP contribution is -2.48. The average Bonchev–Trinajstić information content (AvgIpc) is 2.63. The molecule has 1 saturated heterocycles. The number of aliphatic hydroxyl groups is 1. The predicted molar refractivity (Wildman–Crippen MR) is 89.9 cm³/mol. The zero-order valence-electron chi connectivity index (χ0n) is 13.5. The Morgan fingerprint density at radius 3 is 2.08 bits per heavy atom. The van der Waals surface area contributed by atoms with Crippen molar-refractivity contribution in [3.05, 3.63) is 71.0 Å². The number of hydrogen-bond acceptors (Lipinski definition) is 3. The van der Waals surface area contributed by atoms with Gasteiger partial charge >= 0.3 is 0 Å². The van der Waals surface area contributed by atoms with Crippen LogP contribution in [0.25, 0.3) is 0 Å². The van der Waals surface area contributed by atoms with Crippen molar-refractivity contribution in [1.29, 1.82) is 0 Å². The summed E-state index contributed by atoms with van der Waals surface area (Å²) in [6.07, 6.45) is 0. The fraction of sp³-hybridized carbons (Fsp3) is 0.316. The SMILES string of the molecule is O=C(c1ccc(F)cc1)N1CCN(Cc2ccc(CO)cc2)CC1. The number of benzene rings is 2. The highest BCUT2D eigenvalue weighted by atomic mass is 19.1. The number of amides is 1. The molecule has 0 saturated carbocycles. The Kier molecular flexibility index (Phi) is 5.23. The molecule has 2 aromatic carbocycles. The van der Waals surface area contributed by atoms with Gasteiger partial charge in [-0.3, -0.25) is 9.69 Å². The molecule has 1 amide bonds. The van der Waals surface area contributed by atoms with Gasteiger partial charge in [0.15, 0.2) is 0 Å². The van der Waals surface area contributed by atoms with Crippen molar-refractivity contribution in [2.45, 2.75) is 13.2 Å². The zero-order valence-corrected chi connectivity index (χ0v) is 13.5. The molecule has 5 heteroatoms. The largest absolute Gasteiger partial charge is 0.392 e. The summed E-state index contributed by atoms with van der Waals surface area (Å²) in [6, 6.07) is 13.6. The van der Waals surface area contributed by atoms with Crippen molar-refractivity contribution < 1.29 is 14.3 Å². The van der Waals surface area contributed by atoms with Gasteiger partial charge in [0.2, 0.25) is 0 Å². The first-order valence-electron chi connectivity index (χ1n) is 8.11. The molecule has 1 N–H and O–H groups in total. The second kappa shape index (κ2) is 7.55. The van der Waals surface area contributed by atoms with Crippen LogP contribution in [0, 0.1) is 5.82 Å². The van der Waals surface area contributed by atoms with E-state index < -0.39 is 0 Å². The van der Waals surface area contributed by atoms with E-state index in [1.807, 2.05) is 29.2 Å². The quantitative estimate of drug-likeness (QED) is 0.936. The molecule has 1 fully saturated rings. The number of piperazine rings is 1. The number of hydrogen-bond donors (Lipinski definition) is 1. The molecular weight excluding hydrogens is 307 g/mol. The van der Waals surface area contributed by atoms with Crippen LogP contribution < -0.4 is 0 Å². The summed E-state index contributed by atoms with van der Waals surface area (Å²) < 4.78 is 13.0. The monoisotopic (exact) mass is 328 g/mol. The molecule has 2 aromatic rings. The molecule has 1 aliphatic heterocycles. The topological polar surface area (TPSA) is 43.8 Å². The molecule has 0 aromatic heterocycles. The fourth-order valence-electron chi connectivity index (χ4n) is 2.89. The summed E-state index contributed by atoms with van der Waals surface area (Å²) in [5.41, 5.74) is 2.64. The van der Waals surface area contributed by atoms with Gasteiger partial charge in [-0.2, -0.15) is 0 Å². The van der Waals surface area contributed by atoms with E-state index in [4.69, 9.17) is 5.11 Å². The summed E-state index contributed by atoms with van der Waals surface area (Å²) >= 11 is 0. The number of nitrogens with zero attached hydrogens (tertiary/aromatic N) is 2. The molecule has 0 unspecified atom stereocenters. The Morgan fingerprint density at radius 1 is 0.917 bits per heavy atom. The number of halogens is 1.